The minimum atomic E-state index is -0.104. The summed E-state index contributed by atoms with van der Waals surface area (Å²) >= 11 is 1.89. The lowest BCUT2D eigenvalue weighted by molar-refractivity contribution is 0.0929. The summed E-state index contributed by atoms with van der Waals surface area (Å²) in [6.07, 6.45) is 8.27. The molecule has 1 amide bonds. The van der Waals surface area contributed by atoms with E-state index in [0.717, 1.165) is 12.8 Å². The van der Waals surface area contributed by atoms with Gasteiger partial charge in [0, 0.05) is 17.5 Å². The summed E-state index contributed by atoms with van der Waals surface area (Å²) in [5.74, 6) is 0.194. The number of aromatic nitrogens is 1. The SMILES string of the molecule is CSC1CCCC(NC(=O)c2cccnc2N)C1. The Morgan fingerprint density at radius 3 is 3.11 bits per heavy atom. The fraction of sp³-hybridized carbons (Fsp3) is 0.538. The molecule has 2 atom stereocenters. The van der Waals surface area contributed by atoms with Crippen LogP contribution in [0.2, 0.25) is 0 Å². The zero-order valence-corrected chi connectivity index (χ0v) is 11.4. The minimum absolute atomic E-state index is 0.104. The Morgan fingerprint density at radius 1 is 1.56 bits per heavy atom. The molecule has 4 nitrogen and oxygen atoms in total. The Labute approximate surface area is 112 Å². The maximum absolute atomic E-state index is 12.1. The molecular formula is C13H19N3OS. The molecule has 0 radical (unpaired) electrons. The third-order valence-corrected chi connectivity index (χ3v) is 4.47. The van der Waals surface area contributed by atoms with E-state index >= 15 is 0 Å². The van der Waals surface area contributed by atoms with Crippen molar-refractivity contribution in [1.82, 2.24) is 10.3 Å². The smallest absolute Gasteiger partial charge is 0.255 e. The predicted molar refractivity (Wildman–Crippen MR) is 75.7 cm³/mol. The highest BCUT2D eigenvalue weighted by Gasteiger charge is 2.23. The lowest BCUT2D eigenvalue weighted by atomic mass is 9.94. The molecule has 0 saturated heterocycles. The lowest BCUT2D eigenvalue weighted by Gasteiger charge is -2.28. The Hall–Kier alpha value is -1.23. The van der Waals surface area contributed by atoms with E-state index in [1.165, 1.54) is 12.8 Å². The summed E-state index contributed by atoms with van der Waals surface area (Å²) in [5.41, 5.74) is 6.18. The van der Waals surface area contributed by atoms with Crippen molar-refractivity contribution in [2.75, 3.05) is 12.0 Å². The average Bonchev–Trinajstić information content (AvgIpc) is 2.39. The zero-order valence-electron chi connectivity index (χ0n) is 10.6. The Balaban J connectivity index is 1.97. The van der Waals surface area contributed by atoms with Gasteiger partial charge in [0.05, 0.1) is 5.56 Å². The van der Waals surface area contributed by atoms with Crippen LogP contribution < -0.4 is 11.1 Å². The van der Waals surface area contributed by atoms with Gasteiger partial charge >= 0.3 is 0 Å². The summed E-state index contributed by atoms with van der Waals surface area (Å²) in [6, 6.07) is 3.71. The van der Waals surface area contributed by atoms with Gasteiger partial charge in [0.2, 0.25) is 0 Å². The van der Waals surface area contributed by atoms with E-state index in [9.17, 15) is 4.79 Å². The van der Waals surface area contributed by atoms with Crippen LogP contribution in [0.5, 0.6) is 0 Å². The largest absolute Gasteiger partial charge is 0.383 e. The number of nitrogens with zero attached hydrogens (tertiary/aromatic N) is 1. The molecule has 0 bridgehead atoms. The molecule has 18 heavy (non-hydrogen) atoms. The second-order valence-corrected chi connectivity index (χ2v) is 5.77. The van der Waals surface area contributed by atoms with Crippen LogP contribution in [0.4, 0.5) is 5.82 Å². The molecule has 1 heterocycles. The molecule has 0 spiro atoms. The van der Waals surface area contributed by atoms with Crippen molar-refractivity contribution in [1.29, 1.82) is 0 Å². The first-order valence-corrected chi connectivity index (χ1v) is 7.53. The van der Waals surface area contributed by atoms with Crippen molar-refractivity contribution in [3.8, 4) is 0 Å². The van der Waals surface area contributed by atoms with Gasteiger partial charge in [-0.1, -0.05) is 6.42 Å². The van der Waals surface area contributed by atoms with Crippen LogP contribution in [-0.4, -0.2) is 28.4 Å². The van der Waals surface area contributed by atoms with E-state index < -0.39 is 0 Å². The summed E-state index contributed by atoms with van der Waals surface area (Å²) in [5, 5.41) is 3.73. The number of carbonyl (C=O) groups excluding carboxylic acids is 1. The Bertz CT molecular complexity index is 424. The highest BCUT2D eigenvalue weighted by molar-refractivity contribution is 7.99. The first-order chi connectivity index (χ1) is 8.70. The summed E-state index contributed by atoms with van der Waals surface area (Å²) in [7, 11) is 0. The highest BCUT2D eigenvalue weighted by atomic mass is 32.2. The van der Waals surface area contributed by atoms with Gasteiger partial charge in [0.1, 0.15) is 5.82 Å². The summed E-state index contributed by atoms with van der Waals surface area (Å²) in [4.78, 5) is 16.0. The van der Waals surface area contributed by atoms with Crippen molar-refractivity contribution < 1.29 is 4.79 Å². The van der Waals surface area contributed by atoms with Crippen LogP contribution in [0.15, 0.2) is 18.3 Å². The van der Waals surface area contributed by atoms with Gasteiger partial charge in [-0.3, -0.25) is 4.79 Å². The van der Waals surface area contributed by atoms with Crippen molar-refractivity contribution in [2.24, 2.45) is 0 Å². The van der Waals surface area contributed by atoms with Gasteiger partial charge in [-0.2, -0.15) is 11.8 Å². The molecule has 5 heteroatoms. The van der Waals surface area contributed by atoms with Gasteiger partial charge in [0.25, 0.3) is 5.91 Å². The van der Waals surface area contributed by atoms with Crippen molar-refractivity contribution in [3.05, 3.63) is 23.9 Å². The number of rotatable bonds is 3. The van der Waals surface area contributed by atoms with Crippen LogP contribution in [0.1, 0.15) is 36.0 Å². The van der Waals surface area contributed by atoms with Crippen LogP contribution >= 0.6 is 11.8 Å². The number of nitrogen functional groups attached to an aromatic ring is 1. The molecule has 0 aromatic carbocycles. The molecule has 1 aromatic rings. The fourth-order valence-electron chi connectivity index (χ4n) is 2.36. The molecule has 1 aliphatic carbocycles. The van der Waals surface area contributed by atoms with E-state index in [1.807, 2.05) is 11.8 Å². The monoisotopic (exact) mass is 265 g/mol. The normalized spacial score (nSPS) is 23.6. The van der Waals surface area contributed by atoms with Crippen LogP contribution in [0.3, 0.4) is 0 Å². The van der Waals surface area contributed by atoms with E-state index in [4.69, 9.17) is 5.73 Å². The fourth-order valence-corrected chi connectivity index (χ4v) is 3.19. The quantitative estimate of drug-likeness (QED) is 0.878. The molecule has 1 aliphatic rings. The Kier molecular flexibility index (Phi) is 4.47. The topological polar surface area (TPSA) is 68.0 Å². The number of amides is 1. The molecule has 1 aromatic heterocycles. The molecule has 1 fully saturated rings. The van der Waals surface area contributed by atoms with Gasteiger partial charge < -0.3 is 11.1 Å². The number of nitrogens with two attached hydrogens (primary N) is 1. The lowest BCUT2D eigenvalue weighted by Crippen LogP contribution is -2.39. The van der Waals surface area contributed by atoms with Gasteiger partial charge in [-0.15, -0.1) is 0 Å². The number of anilines is 1. The third-order valence-electron chi connectivity index (χ3n) is 3.38. The van der Waals surface area contributed by atoms with Crippen LogP contribution in [-0.2, 0) is 0 Å². The average molecular weight is 265 g/mol. The number of pyridine rings is 1. The maximum Gasteiger partial charge on any atom is 0.255 e. The maximum atomic E-state index is 12.1. The number of hydrogen-bond acceptors (Lipinski definition) is 4. The second-order valence-electron chi connectivity index (χ2n) is 4.63. The Morgan fingerprint density at radius 2 is 2.39 bits per heavy atom. The molecule has 2 rings (SSSR count). The van der Waals surface area contributed by atoms with Gasteiger partial charge in [-0.05, 0) is 37.7 Å². The summed E-state index contributed by atoms with van der Waals surface area (Å²) in [6.45, 7) is 0. The standard InChI is InChI=1S/C13H19N3OS/c1-18-10-5-2-4-9(8-10)16-13(17)11-6-3-7-15-12(11)14/h3,6-7,9-10H,2,4-5,8H2,1H3,(H2,14,15)(H,16,17). The summed E-state index contributed by atoms with van der Waals surface area (Å²) < 4.78 is 0. The van der Waals surface area contributed by atoms with Crippen LogP contribution in [0.25, 0.3) is 0 Å². The molecule has 2 unspecified atom stereocenters. The molecule has 0 aliphatic heterocycles. The van der Waals surface area contributed by atoms with Crippen molar-refractivity contribution in [2.45, 2.75) is 37.0 Å². The van der Waals surface area contributed by atoms with Crippen molar-refractivity contribution in [3.63, 3.8) is 0 Å². The number of nitrogens with one attached hydrogen (secondary N) is 1. The van der Waals surface area contributed by atoms with Gasteiger partial charge in [-0.25, -0.2) is 4.98 Å². The number of thioether (sulfide) groups is 1. The third kappa shape index (κ3) is 3.16. The first kappa shape index (κ1) is 13.2. The molecule has 98 valence electrons. The van der Waals surface area contributed by atoms with Gasteiger partial charge in [0.15, 0.2) is 0 Å². The van der Waals surface area contributed by atoms with Crippen molar-refractivity contribution >= 4 is 23.5 Å². The number of carbonyl (C=O) groups is 1. The van der Waals surface area contributed by atoms with E-state index in [-0.39, 0.29) is 11.9 Å². The highest BCUT2D eigenvalue weighted by Crippen LogP contribution is 2.27. The first-order valence-electron chi connectivity index (χ1n) is 6.25. The number of hydrogen-bond donors (Lipinski definition) is 2. The molecule has 3 N–H and O–H groups in total. The van der Waals surface area contributed by atoms with E-state index in [0.29, 0.717) is 16.6 Å². The van der Waals surface area contributed by atoms with E-state index in [2.05, 4.69) is 16.6 Å². The minimum Gasteiger partial charge on any atom is -0.383 e. The van der Waals surface area contributed by atoms with Crippen LogP contribution in [0, 0.1) is 0 Å². The van der Waals surface area contributed by atoms with E-state index in [1.54, 1.807) is 18.3 Å². The molecule has 1 saturated carbocycles. The molecular weight excluding hydrogens is 246 g/mol. The predicted octanol–water partition coefficient (Wildman–Crippen LogP) is 2.07. The zero-order chi connectivity index (χ0) is 13.0. The second kappa shape index (κ2) is 6.09.